The number of aromatic amines is 1. The second kappa shape index (κ2) is 9.50. The first-order chi connectivity index (χ1) is 17.4. The summed E-state index contributed by atoms with van der Waals surface area (Å²) in [5.74, 6) is 1.51. The minimum absolute atomic E-state index is 0.316. The Balaban J connectivity index is 1.46. The number of methoxy groups -OCH3 is 1. The van der Waals surface area contributed by atoms with Gasteiger partial charge in [-0.3, -0.25) is 4.79 Å². The lowest BCUT2D eigenvalue weighted by Gasteiger charge is -2.15. The summed E-state index contributed by atoms with van der Waals surface area (Å²) in [6, 6.07) is 19.4. The predicted molar refractivity (Wildman–Crippen MR) is 138 cm³/mol. The molecule has 0 spiro atoms. The number of amides is 1. The molecule has 0 atom stereocenters. The fourth-order valence-corrected chi connectivity index (χ4v) is 4.33. The number of hydrogen-bond donors (Lipinski definition) is 2. The number of nitrogens with one attached hydrogen (secondary N) is 2. The summed E-state index contributed by atoms with van der Waals surface area (Å²) < 4.78 is 10.5. The maximum absolute atomic E-state index is 13.1. The molecular weight excluding hydrogens is 454 g/mol. The van der Waals surface area contributed by atoms with Crippen LogP contribution in [0.25, 0.3) is 33.9 Å². The molecular formula is C28H25N5O3. The number of ether oxygens (including phenoxy) is 1. The van der Waals surface area contributed by atoms with E-state index >= 15 is 0 Å². The molecule has 1 amide bonds. The van der Waals surface area contributed by atoms with Crippen molar-refractivity contribution < 1.29 is 14.1 Å². The predicted octanol–water partition coefficient (Wildman–Crippen LogP) is 5.98. The molecule has 2 aromatic heterocycles. The van der Waals surface area contributed by atoms with Crippen LogP contribution in [-0.4, -0.2) is 33.1 Å². The van der Waals surface area contributed by atoms with Crippen LogP contribution in [0.3, 0.4) is 0 Å². The summed E-state index contributed by atoms with van der Waals surface area (Å²) in [7, 11) is 1.67. The van der Waals surface area contributed by atoms with Crippen LogP contribution in [-0.2, 0) is 0 Å². The van der Waals surface area contributed by atoms with E-state index in [1.165, 1.54) is 6.39 Å². The number of imidazole rings is 1. The zero-order valence-electron chi connectivity index (χ0n) is 20.4. The van der Waals surface area contributed by atoms with Crippen molar-refractivity contribution in [1.82, 2.24) is 20.1 Å². The molecule has 0 saturated carbocycles. The van der Waals surface area contributed by atoms with E-state index < -0.39 is 0 Å². The first-order valence-corrected chi connectivity index (χ1v) is 11.4. The lowest BCUT2D eigenvalue weighted by atomic mass is 9.94. The molecule has 36 heavy (non-hydrogen) atoms. The van der Waals surface area contributed by atoms with Gasteiger partial charge >= 0.3 is 0 Å². The lowest BCUT2D eigenvalue weighted by molar-refractivity contribution is 0.102. The van der Waals surface area contributed by atoms with Crippen molar-refractivity contribution in [2.45, 2.75) is 20.8 Å². The highest BCUT2D eigenvalue weighted by atomic mass is 16.5. The largest absolute Gasteiger partial charge is 0.496 e. The molecule has 0 aliphatic heterocycles. The minimum Gasteiger partial charge on any atom is -0.496 e. The SMILES string of the molecule is COc1ccc(-c2nc(C(=O)Nc3cccc(-c4ncon4)c3)c(C)[nH]2)cc1-c1c(C)cccc1C. The number of aryl methyl sites for hydroxylation is 3. The van der Waals surface area contributed by atoms with E-state index in [1.54, 1.807) is 19.2 Å². The Morgan fingerprint density at radius 2 is 1.75 bits per heavy atom. The van der Waals surface area contributed by atoms with Crippen molar-refractivity contribution in [2.75, 3.05) is 12.4 Å². The minimum atomic E-state index is -0.316. The normalized spacial score (nSPS) is 10.9. The molecule has 2 N–H and O–H groups in total. The number of hydrogen-bond acceptors (Lipinski definition) is 6. The second-order valence-corrected chi connectivity index (χ2v) is 8.53. The maximum atomic E-state index is 13.1. The average Bonchev–Trinajstić information content (AvgIpc) is 3.54. The van der Waals surface area contributed by atoms with Crippen molar-refractivity contribution in [1.29, 1.82) is 0 Å². The summed E-state index contributed by atoms with van der Waals surface area (Å²) in [6.45, 7) is 6.00. The lowest BCUT2D eigenvalue weighted by Crippen LogP contribution is -2.13. The van der Waals surface area contributed by atoms with Gasteiger partial charge in [-0.05, 0) is 67.8 Å². The van der Waals surface area contributed by atoms with Crippen molar-refractivity contribution in [3.63, 3.8) is 0 Å². The highest BCUT2D eigenvalue weighted by molar-refractivity contribution is 6.04. The molecule has 8 nitrogen and oxygen atoms in total. The summed E-state index contributed by atoms with van der Waals surface area (Å²) in [4.78, 5) is 25.0. The molecule has 0 saturated heterocycles. The second-order valence-electron chi connectivity index (χ2n) is 8.53. The third-order valence-electron chi connectivity index (χ3n) is 6.06. The van der Waals surface area contributed by atoms with Crippen molar-refractivity contribution in [2.24, 2.45) is 0 Å². The van der Waals surface area contributed by atoms with Gasteiger partial charge in [-0.15, -0.1) is 0 Å². The summed E-state index contributed by atoms with van der Waals surface area (Å²) in [5.41, 5.74) is 7.60. The molecule has 0 fully saturated rings. The fraction of sp³-hybridized carbons (Fsp3) is 0.143. The molecule has 2 heterocycles. The topological polar surface area (TPSA) is 106 Å². The van der Waals surface area contributed by atoms with Crippen LogP contribution in [0.1, 0.15) is 27.3 Å². The Bertz CT molecular complexity index is 1530. The number of H-pyrrole nitrogens is 1. The van der Waals surface area contributed by atoms with Crippen LogP contribution >= 0.6 is 0 Å². The van der Waals surface area contributed by atoms with Gasteiger partial charge in [-0.2, -0.15) is 4.98 Å². The highest BCUT2D eigenvalue weighted by Gasteiger charge is 2.19. The van der Waals surface area contributed by atoms with Gasteiger partial charge in [0.2, 0.25) is 12.2 Å². The number of anilines is 1. The van der Waals surface area contributed by atoms with Crippen LogP contribution in [0.15, 0.2) is 71.6 Å². The van der Waals surface area contributed by atoms with Gasteiger partial charge in [-0.25, -0.2) is 4.98 Å². The Morgan fingerprint density at radius 1 is 0.972 bits per heavy atom. The Hall–Kier alpha value is -4.72. The highest BCUT2D eigenvalue weighted by Crippen LogP contribution is 2.37. The number of benzene rings is 3. The van der Waals surface area contributed by atoms with Crippen molar-refractivity contribution in [3.05, 3.63) is 89.6 Å². The standard InChI is InChI=1S/C28H25N5O3/c1-16-7-5-8-17(2)24(16)22-14-20(11-12-23(22)35-4)27-30-18(3)25(32-27)28(34)31-21-10-6-9-19(13-21)26-29-15-36-33-26/h5-15H,1-4H3,(H,30,32)(H,31,34). The van der Waals surface area contributed by atoms with Gasteiger partial charge in [0.05, 0.1) is 7.11 Å². The van der Waals surface area contributed by atoms with E-state index in [9.17, 15) is 4.79 Å². The number of nitrogens with zero attached hydrogens (tertiary/aromatic N) is 3. The van der Waals surface area contributed by atoms with Crippen LogP contribution in [0.4, 0.5) is 5.69 Å². The average molecular weight is 480 g/mol. The van der Waals surface area contributed by atoms with Crippen LogP contribution < -0.4 is 10.1 Å². The van der Waals surface area contributed by atoms with Crippen LogP contribution in [0, 0.1) is 20.8 Å². The van der Waals surface area contributed by atoms with Gasteiger partial charge in [0.25, 0.3) is 5.91 Å². The van der Waals surface area contributed by atoms with E-state index in [2.05, 4.69) is 51.4 Å². The summed E-state index contributed by atoms with van der Waals surface area (Å²) >= 11 is 0. The van der Waals surface area contributed by atoms with E-state index in [0.717, 1.165) is 39.1 Å². The van der Waals surface area contributed by atoms with Crippen LogP contribution in [0.2, 0.25) is 0 Å². The third kappa shape index (κ3) is 4.36. The van der Waals surface area contributed by atoms with Gasteiger partial charge < -0.3 is 19.6 Å². The molecule has 5 aromatic rings. The molecule has 0 aliphatic rings. The van der Waals surface area contributed by atoms with Gasteiger partial charge in [0.15, 0.2) is 0 Å². The maximum Gasteiger partial charge on any atom is 0.276 e. The molecule has 3 aromatic carbocycles. The molecule has 0 radical (unpaired) electrons. The molecule has 0 aliphatic carbocycles. The van der Waals surface area contributed by atoms with Gasteiger partial charge in [0.1, 0.15) is 17.3 Å². The number of rotatable bonds is 6. The van der Waals surface area contributed by atoms with Gasteiger partial charge in [-0.1, -0.05) is 35.5 Å². The molecule has 8 heteroatoms. The van der Waals surface area contributed by atoms with Crippen molar-refractivity contribution >= 4 is 11.6 Å². The first kappa shape index (κ1) is 23.0. The first-order valence-electron chi connectivity index (χ1n) is 11.4. The number of aromatic nitrogens is 4. The fourth-order valence-electron chi connectivity index (χ4n) is 4.33. The van der Waals surface area contributed by atoms with Crippen molar-refractivity contribution in [3.8, 4) is 39.7 Å². The zero-order valence-corrected chi connectivity index (χ0v) is 20.4. The Morgan fingerprint density at radius 3 is 2.47 bits per heavy atom. The monoisotopic (exact) mass is 479 g/mol. The Kier molecular flexibility index (Phi) is 6.08. The molecule has 180 valence electrons. The number of carbonyl (C=O) groups excluding carboxylic acids is 1. The van der Waals surface area contributed by atoms with Gasteiger partial charge in [0, 0.05) is 28.1 Å². The summed E-state index contributed by atoms with van der Waals surface area (Å²) in [6.07, 6.45) is 1.26. The molecule has 5 rings (SSSR count). The quantitative estimate of drug-likeness (QED) is 0.310. The Labute approximate surface area is 208 Å². The van der Waals surface area contributed by atoms with E-state index in [1.807, 2.05) is 43.3 Å². The van der Waals surface area contributed by atoms with Crippen LogP contribution in [0.5, 0.6) is 5.75 Å². The van der Waals surface area contributed by atoms with E-state index in [-0.39, 0.29) is 5.91 Å². The molecule has 0 unspecified atom stereocenters. The number of carbonyl (C=O) groups is 1. The summed E-state index contributed by atoms with van der Waals surface area (Å²) in [5, 5.41) is 6.75. The van der Waals surface area contributed by atoms with E-state index in [4.69, 9.17) is 9.26 Å². The third-order valence-corrected chi connectivity index (χ3v) is 6.06. The van der Waals surface area contributed by atoms with E-state index in [0.29, 0.717) is 28.7 Å². The zero-order chi connectivity index (χ0) is 25.2. The smallest absolute Gasteiger partial charge is 0.276 e. The molecule has 0 bridgehead atoms.